The second-order valence-corrected chi connectivity index (χ2v) is 8.88. The molecule has 3 heterocycles. The number of amides is 1. The van der Waals surface area contributed by atoms with Crippen LogP contribution < -0.4 is 22.3 Å². The Balaban J connectivity index is 2.13. The molecule has 28 heavy (non-hydrogen) atoms. The highest BCUT2D eigenvalue weighted by atomic mass is 32.1. The van der Waals surface area contributed by atoms with Gasteiger partial charge in [-0.1, -0.05) is 6.92 Å². The van der Waals surface area contributed by atoms with Crippen LogP contribution in [0.15, 0.2) is 9.59 Å². The Bertz CT molecular complexity index is 1000. The lowest BCUT2D eigenvalue weighted by atomic mass is 9.94. The Kier molecular flexibility index (Phi) is 6.07. The van der Waals surface area contributed by atoms with Gasteiger partial charge in [-0.15, -0.1) is 11.3 Å². The summed E-state index contributed by atoms with van der Waals surface area (Å²) in [6, 6.07) is 0. The van der Waals surface area contributed by atoms with Crippen LogP contribution in [0.4, 0.5) is 0 Å². The lowest BCUT2D eigenvalue weighted by Gasteiger charge is -2.29. The maximum absolute atomic E-state index is 13.2. The van der Waals surface area contributed by atoms with Crippen LogP contribution in [0.5, 0.6) is 0 Å². The van der Waals surface area contributed by atoms with E-state index >= 15 is 0 Å². The number of quaternary nitrogens is 1. The molecule has 0 aromatic carbocycles. The molecule has 0 fully saturated rings. The summed E-state index contributed by atoms with van der Waals surface area (Å²) in [6.07, 6.45) is 2.12. The highest BCUT2D eigenvalue weighted by Crippen LogP contribution is 2.37. The van der Waals surface area contributed by atoms with Gasteiger partial charge < -0.3 is 15.8 Å². The Morgan fingerprint density at radius 2 is 2.07 bits per heavy atom. The van der Waals surface area contributed by atoms with Crippen LogP contribution in [0.3, 0.4) is 0 Å². The molecule has 154 valence electrons. The smallest absolute Gasteiger partial charge is 0.332 e. The van der Waals surface area contributed by atoms with Crippen molar-refractivity contribution in [2.45, 2.75) is 65.3 Å². The average molecular weight is 410 g/mol. The second kappa shape index (κ2) is 8.18. The summed E-state index contributed by atoms with van der Waals surface area (Å²) >= 11 is 1.46. The van der Waals surface area contributed by atoms with Crippen LogP contribution in [-0.2, 0) is 35.6 Å². The summed E-state index contributed by atoms with van der Waals surface area (Å²) in [5.41, 5.74) is 3.52. The number of ether oxygens (including phenoxy) is 1. The molecule has 8 nitrogen and oxygen atoms in total. The first-order valence-electron chi connectivity index (χ1n) is 9.77. The SMILES string of the molecule is CCCn1c(=O)n(CC(=O)NCCC[NH3+])c(=O)c2c3c(sc21)COC(C)(C)C3. The van der Waals surface area contributed by atoms with Crippen molar-refractivity contribution in [3.05, 3.63) is 31.3 Å². The van der Waals surface area contributed by atoms with E-state index in [-0.39, 0.29) is 23.6 Å². The molecule has 0 atom stereocenters. The summed E-state index contributed by atoms with van der Waals surface area (Å²) in [6.45, 7) is 7.86. The third-order valence-corrected chi connectivity index (χ3v) is 6.16. The van der Waals surface area contributed by atoms with Crippen LogP contribution in [0, 0.1) is 0 Å². The number of fused-ring (bicyclic) bond motifs is 3. The summed E-state index contributed by atoms with van der Waals surface area (Å²) in [5.74, 6) is -0.331. The molecule has 0 aliphatic carbocycles. The highest BCUT2D eigenvalue weighted by Gasteiger charge is 2.32. The monoisotopic (exact) mass is 409 g/mol. The van der Waals surface area contributed by atoms with E-state index < -0.39 is 5.69 Å². The average Bonchev–Trinajstić information content (AvgIpc) is 3.00. The Hall–Kier alpha value is -1.97. The molecule has 4 N–H and O–H groups in total. The molecule has 2 aromatic heterocycles. The molecule has 0 radical (unpaired) electrons. The van der Waals surface area contributed by atoms with Crippen molar-refractivity contribution >= 4 is 27.5 Å². The molecular formula is C19H29N4O4S+. The van der Waals surface area contributed by atoms with E-state index in [9.17, 15) is 14.4 Å². The molecule has 0 saturated heterocycles. The summed E-state index contributed by atoms with van der Waals surface area (Å²) < 4.78 is 8.60. The standard InChI is InChI=1S/C19H28N4O4S/c1-4-8-22-17-15(12-9-19(2,3)27-11-13(12)28-17)16(25)23(18(22)26)10-14(24)21-7-5-6-20/h4-11,20H2,1-3H3,(H,21,24)/p+1. The van der Waals surface area contributed by atoms with Crippen LogP contribution in [0.2, 0.25) is 0 Å². The molecule has 2 aromatic rings. The van der Waals surface area contributed by atoms with Crippen molar-refractivity contribution in [1.29, 1.82) is 0 Å². The summed E-state index contributed by atoms with van der Waals surface area (Å²) in [5, 5.41) is 3.32. The van der Waals surface area contributed by atoms with E-state index in [2.05, 4.69) is 11.1 Å². The predicted molar refractivity (Wildman–Crippen MR) is 109 cm³/mol. The quantitative estimate of drug-likeness (QED) is 0.638. The summed E-state index contributed by atoms with van der Waals surface area (Å²) in [4.78, 5) is 40.2. The minimum absolute atomic E-state index is 0.265. The van der Waals surface area contributed by atoms with Crippen molar-refractivity contribution in [1.82, 2.24) is 14.5 Å². The van der Waals surface area contributed by atoms with E-state index in [0.717, 1.165) is 27.8 Å². The van der Waals surface area contributed by atoms with Crippen molar-refractivity contribution in [3.63, 3.8) is 0 Å². The van der Waals surface area contributed by atoms with E-state index in [1.165, 1.54) is 11.3 Å². The minimum Gasteiger partial charge on any atom is -0.370 e. The number of nitrogens with zero attached hydrogens (tertiary/aromatic N) is 2. The zero-order chi connectivity index (χ0) is 20.5. The molecule has 1 aliphatic heterocycles. The first-order chi connectivity index (χ1) is 13.3. The maximum atomic E-state index is 13.2. The number of hydrogen-bond acceptors (Lipinski definition) is 5. The predicted octanol–water partition coefficient (Wildman–Crippen LogP) is 0.234. The van der Waals surface area contributed by atoms with Crippen LogP contribution >= 0.6 is 11.3 Å². The number of carbonyl (C=O) groups is 1. The first-order valence-corrected chi connectivity index (χ1v) is 10.6. The molecule has 0 spiro atoms. The molecular weight excluding hydrogens is 380 g/mol. The lowest BCUT2D eigenvalue weighted by molar-refractivity contribution is -0.367. The Morgan fingerprint density at radius 3 is 2.75 bits per heavy atom. The van der Waals surface area contributed by atoms with Gasteiger partial charge in [-0.05, 0) is 25.8 Å². The number of carbonyl (C=O) groups excluding carboxylic acids is 1. The van der Waals surface area contributed by atoms with Crippen molar-refractivity contribution < 1.29 is 15.3 Å². The molecule has 1 aliphatic rings. The second-order valence-electron chi connectivity index (χ2n) is 7.79. The largest absolute Gasteiger partial charge is 0.370 e. The maximum Gasteiger partial charge on any atom is 0.332 e. The third-order valence-electron chi connectivity index (χ3n) is 4.93. The lowest BCUT2D eigenvalue weighted by Crippen LogP contribution is -2.51. The fraction of sp³-hybridized carbons (Fsp3) is 0.632. The zero-order valence-corrected chi connectivity index (χ0v) is 17.6. The van der Waals surface area contributed by atoms with Gasteiger partial charge in [-0.3, -0.25) is 18.7 Å². The van der Waals surface area contributed by atoms with Gasteiger partial charge in [0.15, 0.2) is 0 Å². The fourth-order valence-corrected chi connectivity index (χ4v) is 4.76. The molecule has 9 heteroatoms. The van der Waals surface area contributed by atoms with Crippen LogP contribution in [-0.4, -0.2) is 33.7 Å². The molecule has 3 rings (SSSR count). The molecule has 0 unspecified atom stereocenters. The van der Waals surface area contributed by atoms with E-state index in [1.54, 1.807) is 4.57 Å². The molecule has 0 bridgehead atoms. The Morgan fingerprint density at radius 1 is 1.32 bits per heavy atom. The van der Waals surface area contributed by atoms with E-state index in [1.807, 2.05) is 20.8 Å². The summed E-state index contributed by atoms with van der Waals surface area (Å²) in [7, 11) is 0. The number of nitrogens with one attached hydrogen (secondary N) is 1. The third kappa shape index (κ3) is 3.92. The fourth-order valence-electron chi connectivity index (χ4n) is 3.52. The number of hydrogen-bond donors (Lipinski definition) is 2. The van der Waals surface area contributed by atoms with Gasteiger partial charge in [0.05, 0.1) is 24.1 Å². The van der Waals surface area contributed by atoms with Gasteiger partial charge in [0.25, 0.3) is 5.56 Å². The van der Waals surface area contributed by atoms with Gasteiger partial charge in [0.2, 0.25) is 5.91 Å². The van der Waals surface area contributed by atoms with E-state index in [0.29, 0.717) is 42.9 Å². The number of aromatic nitrogens is 2. The topological polar surface area (TPSA) is 110 Å². The van der Waals surface area contributed by atoms with E-state index in [4.69, 9.17) is 4.74 Å². The van der Waals surface area contributed by atoms with Gasteiger partial charge >= 0.3 is 5.69 Å². The van der Waals surface area contributed by atoms with Crippen molar-refractivity contribution in [2.75, 3.05) is 13.1 Å². The first kappa shape index (κ1) is 20.8. The van der Waals surface area contributed by atoms with Crippen LogP contribution in [0.25, 0.3) is 10.2 Å². The normalized spacial score (nSPS) is 15.6. The minimum atomic E-state index is -0.426. The van der Waals surface area contributed by atoms with Gasteiger partial charge in [0, 0.05) is 30.8 Å². The van der Waals surface area contributed by atoms with Gasteiger partial charge in [0.1, 0.15) is 11.4 Å². The zero-order valence-electron chi connectivity index (χ0n) is 16.8. The number of rotatable bonds is 7. The van der Waals surface area contributed by atoms with Gasteiger partial charge in [-0.2, -0.15) is 0 Å². The molecule has 1 amide bonds. The number of thiophene rings is 1. The van der Waals surface area contributed by atoms with Crippen molar-refractivity contribution in [2.24, 2.45) is 0 Å². The van der Waals surface area contributed by atoms with Gasteiger partial charge in [-0.25, -0.2) is 4.79 Å². The number of aryl methyl sites for hydroxylation is 1. The Labute approximate surface area is 167 Å². The van der Waals surface area contributed by atoms with Crippen molar-refractivity contribution in [3.8, 4) is 0 Å². The molecule has 0 saturated carbocycles. The van der Waals surface area contributed by atoms with Crippen LogP contribution in [0.1, 0.15) is 44.1 Å². The highest BCUT2D eigenvalue weighted by molar-refractivity contribution is 7.18.